The van der Waals surface area contributed by atoms with E-state index >= 15 is 0 Å². The molecule has 0 bridgehead atoms. The molecule has 0 aliphatic heterocycles. The minimum absolute atomic E-state index is 0.0127. The minimum Gasteiger partial charge on any atom is -0.481 e. The predicted octanol–water partition coefficient (Wildman–Crippen LogP) is 5.69. The number of aromatic nitrogens is 1. The van der Waals surface area contributed by atoms with Gasteiger partial charge in [-0.2, -0.15) is 0 Å². The second-order valence-electron chi connectivity index (χ2n) is 7.71. The van der Waals surface area contributed by atoms with Gasteiger partial charge < -0.3 is 9.67 Å². The largest absolute Gasteiger partial charge is 0.481 e. The molecular formula is C24H26ClNO3. The Morgan fingerprint density at radius 2 is 1.79 bits per heavy atom. The summed E-state index contributed by atoms with van der Waals surface area (Å²) in [4.78, 5) is 24.2. The molecule has 1 N–H and O–H groups in total. The number of hydrogen-bond acceptors (Lipinski definition) is 2. The Bertz CT molecular complexity index is 1020. The van der Waals surface area contributed by atoms with Crippen molar-refractivity contribution in [2.24, 2.45) is 13.0 Å². The van der Waals surface area contributed by atoms with Crippen LogP contribution in [0.1, 0.15) is 47.8 Å². The smallest absolute Gasteiger partial charge is 0.303 e. The molecule has 0 fully saturated rings. The van der Waals surface area contributed by atoms with Crippen molar-refractivity contribution in [2.75, 3.05) is 0 Å². The van der Waals surface area contributed by atoms with Crippen LogP contribution in [0.15, 0.2) is 48.5 Å². The number of benzene rings is 2. The van der Waals surface area contributed by atoms with E-state index in [2.05, 4.69) is 16.7 Å². The van der Waals surface area contributed by atoms with Gasteiger partial charge in [-0.05, 0) is 48.9 Å². The summed E-state index contributed by atoms with van der Waals surface area (Å²) in [5, 5.41) is 10.5. The number of ketones is 1. The zero-order chi connectivity index (χ0) is 21.0. The highest BCUT2D eigenvalue weighted by Gasteiger charge is 2.23. The van der Waals surface area contributed by atoms with Crippen LogP contribution in [0.25, 0.3) is 10.9 Å². The van der Waals surface area contributed by atoms with E-state index in [-0.39, 0.29) is 24.5 Å². The van der Waals surface area contributed by atoms with E-state index in [0.29, 0.717) is 10.6 Å². The number of carbonyl (C=O) groups is 2. The molecule has 0 amide bonds. The van der Waals surface area contributed by atoms with E-state index < -0.39 is 5.97 Å². The van der Waals surface area contributed by atoms with Gasteiger partial charge in [0.25, 0.3) is 0 Å². The second-order valence-corrected chi connectivity index (χ2v) is 8.15. The standard InChI is InChI=1S/C24H26ClNO3/c1-16(14-23(28)29)13-22(27)24-19-15-18(25)11-12-20(19)26(2)21(24)10-6-9-17-7-4-3-5-8-17/h3-5,7-8,11-12,15-16H,6,9-10,13-14H2,1-2H3,(H,28,29). The van der Waals surface area contributed by atoms with Gasteiger partial charge in [0.15, 0.2) is 5.78 Å². The van der Waals surface area contributed by atoms with Crippen LogP contribution in [0.4, 0.5) is 0 Å². The highest BCUT2D eigenvalue weighted by Crippen LogP contribution is 2.31. The van der Waals surface area contributed by atoms with Crippen molar-refractivity contribution in [3.05, 3.63) is 70.4 Å². The van der Waals surface area contributed by atoms with Gasteiger partial charge >= 0.3 is 5.97 Å². The van der Waals surface area contributed by atoms with E-state index in [1.807, 2.05) is 43.4 Å². The third-order valence-electron chi connectivity index (χ3n) is 5.34. The van der Waals surface area contributed by atoms with Crippen LogP contribution >= 0.6 is 11.6 Å². The summed E-state index contributed by atoms with van der Waals surface area (Å²) in [6, 6.07) is 15.9. The van der Waals surface area contributed by atoms with Crippen LogP contribution in [0.2, 0.25) is 5.02 Å². The number of Topliss-reactive ketones (excluding diaryl/α,β-unsaturated/α-hetero) is 1. The molecule has 0 aliphatic rings. The van der Waals surface area contributed by atoms with Crippen LogP contribution in [0.3, 0.4) is 0 Å². The number of nitrogens with zero attached hydrogens (tertiary/aromatic N) is 1. The number of carboxylic acid groups (broad SMARTS) is 1. The summed E-state index contributed by atoms with van der Waals surface area (Å²) in [7, 11) is 1.98. The molecule has 5 heteroatoms. The quantitative estimate of drug-likeness (QED) is 0.460. The summed E-state index contributed by atoms with van der Waals surface area (Å²) < 4.78 is 2.08. The second kappa shape index (κ2) is 9.27. The number of aliphatic carboxylic acids is 1. The molecule has 0 spiro atoms. The molecule has 0 radical (unpaired) electrons. The average molecular weight is 412 g/mol. The van der Waals surface area contributed by atoms with E-state index in [0.717, 1.165) is 35.9 Å². The SMILES string of the molecule is CC(CC(=O)O)CC(=O)c1c(CCCc2ccccc2)n(C)c2ccc(Cl)cc12. The lowest BCUT2D eigenvalue weighted by molar-refractivity contribution is -0.137. The summed E-state index contributed by atoms with van der Waals surface area (Å²) in [5.74, 6) is -1.11. The van der Waals surface area contributed by atoms with E-state index in [9.17, 15) is 9.59 Å². The molecule has 3 aromatic rings. The fourth-order valence-electron chi connectivity index (χ4n) is 3.97. The Morgan fingerprint density at radius 1 is 1.07 bits per heavy atom. The number of carbonyl (C=O) groups excluding carboxylic acids is 1. The molecule has 0 saturated heterocycles. The topological polar surface area (TPSA) is 59.3 Å². The predicted molar refractivity (Wildman–Crippen MR) is 117 cm³/mol. The molecule has 1 aromatic heterocycles. The molecule has 1 unspecified atom stereocenters. The number of fused-ring (bicyclic) bond motifs is 1. The number of halogens is 1. The van der Waals surface area contributed by atoms with Gasteiger partial charge in [-0.3, -0.25) is 9.59 Å². The molecule has 3 rings (SSSR count). The van der Waals surface area contributed by atoms with Crippen LogP contribution in [-0.4, -0.2) is 21.4 Å². The van der Waals surface area contributed by atoms with Gasteiger partial charge in [-0.25, -0.2) is 0 Å². The average Bonchev–Trinajstić information content (AvgIpc) is 2.93. The maximum absolute atomic E-state index is 13.2. The molecule has 1 atom stereocenters. The van der Waals surface area contributed by atoms with Gasteiger partial charge in [0.1, 0.15) is 0 Å². The number of aryl methyl sites for hydroxylation is 2. The Balaban J connectivity index is 1.90. The van der Waals surface area contributed by atoms with E-state index in [1.54, 1.807) is 6.92 Å². The Hall–Kier alpha value is -2.59. The molecule has 0 saturated carbocycles. The van der Waals surface area contributed by atoms with Gasteiger partial charge in [0.2, 0.25) is 0 Å². The summed E-state index contributed by atoms with van der Waals surface area (Å²) in [5.41, 5.74) is 3.93. The Labute approximate surface area is 176 Å². The Morgan fingerprint density at radius 3 is 2.48 bits per heavy atom. The molecule has 1 heterocycles. The van der Waals surface area contributed by atoms with E-state index in [4.69, 9.17) is 16.7 Å². The van der Waals surface area contributed by atoms with Crippen molar-refractivity contribution in [1.82, 2.24) is 4.57 Å². The lowest BCUT2D eigenvalue weighted by Crippen LogP contribution is -2.12. The Kier molecular flexibility index (Phi) is 6.75. The van der Waals surface area contributed by atoms with Crippen molar-refractivity contribution in [1.29, 1.82) is 0 Å². The highest BCUT2D eigenvalue weighted by atomic mass is 35.5. The fraction of sp³-hybridized carbons (Fsp3) is 0.333. The normalized spacial score (nSPS) is 12.2. The third kappa shape index (κ3) is 5.07. The first-order valence-corrected chi connectivity index (χ1v) is 10.3. The van der Waals surface area contributed by atoms with Gasteiger partial charge in [0.05, 0.1) is 0 Å². The maximum atomic E-state index is 13.2. The van der Waals surface area contributed by atoms with Crippen molar-refractivity contribution in [3.63, 3.8) is 0 Å². The zero-order valence-electron chi connectivity index (χ0n) is 16.8. The summed E-state index contributed by atoms with van der Waals surface area (Å²) in [6.07, 6.45) is 2.83. The fourth-order valence-corrected chi connectivity index (χ4v) is 4.14. The molecule has 4 nitrogen and oxygen atoms in total. The molecule has 2 aromatic carbocycles. The number of carboxylic acids is 1. The lowest BCUT2D eigenvalue weighted by atomic mass is 9.94. The first-order chi connectivity index (χ1) is 13.9. The summed E-state index contributed by atoms with van der Waals surface area (Å²) in [6.45, 7) is 1.80. The van der Waals surface area contributed by atoms with Gasteiger partial charge in [-0.15, -0.1) is 0 Å². The van der Waals surface area contributed by atoms with Crippen molar-refractivity contribution in [2.45, 2.75) is 39.0 Å². The molecule has 152 valence electrons. The van der Waals surface area contributed by atoms with E-state index in [1.165, 1.54) is 5.56 Å². The van der Waals surface area contributed by atoms with Gasteiger partial charge in [-0.1, -0.05) is 48.9 Å². The summed E-state index contributed by atoms with van der Waals surface area (Å²) >= 11 is 6.22. The molecular weight excluding hydrogens is 386 g/mol. The van der Waals surface area contributed by atoms with Crippen molar-refractivity contribution < 1.29 is 14.7 Å². The van der Waals surface area contributed by atoms with Crippen LogP contribution < -0.4 is 0 Å². The first-order valence-electron chi connectivity index (χ1n) is 9.92. The minimum atomic E-state index is -0.880. The monoisotopic (exact) mass is 411 g/mol. The highest BCUT2D eigenvalue weighted by molar-refractivity contribution is 6.31. The van der Waals surface area contributed by atoms with Gasteiger partial charge in [0, 0.05) is 47.1 Å². The molecule has 29 heavy (non-hydrogen) atoms. The maximum Gasteiger partial charge on any atom is 0.303 e. The van der Waals surface area contributed by atoms with Crippen molar-refractivity contribution in [3.8, 4) is 0 Å². The van der Waals surface area contributed by atoms with Crippen LogP contribution in [0, 0.1) is 5.92 Å². The number of hydrogen-bond donors (Lipinski definition) is 1. The van der Waals surface area contributed by atoms with Crippen molar-refractivity contribution >= 4 is 34.3 Å². The van der Waals surface area contributed by atoms with Crippen LogP contribution in [-0.2, 0) is 24.7 Å². The zero-order valence-corrected chi connectivity index (χ0v) is 17.6. The number of rotatable bonds is 9. The van der Waals surface area contributed by atoms with Crippen LogP contribution in [0.5, 0.6) is 0 Å². The lowest BCUT2D eigenvalue weighted by Gasteiger charge is -2.11. The molecule has 0 aliphatic carbocycles. The third-order valence-corrected chi connectivity index (χ3v) is 5.58. The first kappa shape index (κ1) is 21.1.